The number of hydrogen-bond donors (Lipinski definition) is 2. The predicted molar refractivity (Wildman–Crippen MR) is 88.8 cm³/mol. The Bertz CT molecular complexity index is 913. The Labute approximate surface area is 138 Å². The van der Waals surface area contributed by atoms with Gasteiger partial charge in [-0.1, -0.05) is 29.8 Å². The highest BCUT2D eigenvalue weighted by molar-refractivity contribution is 7.90. The Hall–Kier alpha value is -2.12. The second kappa shape index (κ2) is 5.82. The van der Waals surface area contributed by atoms with Crippen molar-refractivity contribution in [1.82, 2.24) is 5.32 Å². The summed E-state index contributed by atoms with van der Waals surface area (Å²) in [6, 6.07) is 9.04. The molecule has 0 aromatic heterocycles. The van der Waals surface area contributed by atoms with Crippen LogP contribution in [0.3, 0.4) is 0 Å². The molecule has 0 unspecified atom stereocenters. The molecule has 0 atom stereocenters. The molecule has 1 aliphatic rings. The molecule has 23 heavy (non-hydrogen) atoms. The predicted octanol–water partition coefficient (Wildman–Crippen LogP) is 3.23. The van der Waals surface area contributed by atoms with E-state index in [1.807, 2.05) is 6.92 Å². The molecular weight excluding hydrogens is 341 g/mol. The van der Waals surface area contributed by atoms with E-state index in [2.05, 4.69) is 15.0 Å². The molecule has 2 aromatic carbocycles. The molecule has 0 radical (unpaired) electrons. The molecular formula is C15H13ClFN3O2S. The largest absolute Gasteiger partial charge is 0.355 e. The quantitative estimate of drug-likeness (QED) is 0.869. The number of nitrogens with zero attached hydrogens (tertiary/aromatic N) is 1. The van der Waals surface area contributed by atoms with Crippen LogP contribution in [0.4, 0.5) is 10.1 Å². The topological polar surface area (TPSA) is 70.6 Å². The van der Waals surface area contributed by atoms with Crippen LogP contribution >= 0.6 is 11.6 Å². The monoisotopic (exact) mass is 353 g/mol. The normalized spacial score (nSPS) is 15.3. The lowest BCUT2D eigenvalue weighted by Gasteiger charge is -2.22. The molecule has 3 rings (SSSR count). The van der Waals surface area contributed by atoms with E-state index in [9.17, 15) is 12.8 Å². The maximum absolute atomic E-state index is 14.0. The van der Waals surface area contributed by atoms with Crippen molar-refractivity contribution in [1.29, 1.82) is 0 Å². The summed E-state index contributed by atoms with van der Waals surface area (Å²) in [4.78, 5) is -0.214. The van der Waals surface area contributed by atoms with Gasteiger partial charge in [-0.3, -0.25) is 0 Å². The van der Waals surface area contributed by atoms with Gasteiger partial charge in [0.15, 0.2) is 0 Å². The average Bonchev–Trinajstić information content (AvgIpc) is 2.48. The number of guanidine groups is 1. The van der Waals surface area contributed by atoms with Gasteiger partial charge in [0, 0.05) is 22.7 Å². The van der Waals surface area contributed by atoms with Crippen molar-refractivity contribution >= 4 is 33.3 Å². The van der Waals surface area contributed by atoms with E-state index in [0.29, 0.717) is 22.7 Å². The standard InChI is InChI=1S/C15H13ClFN3O2S/c1-2-18-15-19-14-11(10-5-3-4-6-12(10)16)7-9(17)8-13(14)23(21,22)20-15/h3-8H,2H2,1H3,(H2,18,19,20). The first kappa shape index (κ1) is 15.8. The Morgan fingerprint density at radius 2 is 2.00 bits per heavy atom. The first-order valence-electron chi connectivity index (χ1n) is 6.86. The fraction of sp³-hybridized carbons (Fsp3) is 0.133. The number of rotatable bonds is 2. The van der Waals surface area contributed by atoms with Gasteiger partial charge in [-0.2, -0.15) is 8.42 Å². The molecule has 0 saturated carbocycles. The fourth-order valence-electron chi connectivity index (χ4n) is 2.36. The minimum atomic E-state index is -4.00. The second-order valence-electron chi connectivity index (χ2n) is 4.88. The maximum Gasteiger partial charge on any atom is 0.287 e. The van der Waals surface area contributed by atoms with Gasteiger partial charge in [0.1, 0.15) is 10.7 Å². The number of fused-ring (bicyclic) bond motifs is 1. The van der Waals surface area contributed by atoms with Crippen molar-refractivity contribution in [3.05, 3.63) is 47.2 Å². The van der Waals surface area contributed by atoms with Gasteiger partial charge < -0.3 is 10.6 Å². The zero-order valence-electron chi connectivity index (χ0n) is 12.1. The van der Waals surface area contributed by atoms with Crippen LogP contribution in [0.15, 0.2) is 45.7 Å². The highest BCUT2D eigenvalue weighted by Crippen LogP contribution is 2.39. The van der Waals surface area contributed by atoms with Crippen LogP contribution in [0.25, 0.3) is 11.1 Å². The molecule has 8 heteroatoms. The van der Waals surface area contributed by atoms with E-state index in [1.165, 1.54) is 6.07 Å². The van der Waals surface area contributed by atoms with Crippen LogP contribution in [0.5, 0.6) is 0 Å². The molecule has 2 N–H and O–H groups in total. The molecule has 1 heterocycles. The Morgan fingerprint density at radius 3 is 2.70 bits per heavy atom. The summed E-state index contributed by atoms with van der Waals surface area (Å²) in [6.45, 7) is 2.30. The van der Waals surface area contributed by atoms with Crippen LogP contribution < -0.4 is 10.6 Å². The van der Waals surface area contributed by atoms with E-state index in [4.69, 9.17) is 11.6 Å². The number of sulfonamides is 1. The molecule has 0 saturated heterocycles. The molecule has 0 bridgehead atoms. The zero-order chi connectivity index (χ0) is 16.6. The van der Waals surface area contributed by atoms with E-state index in [1.54, 1.807) is 24.3 Å². The number of halogens is 2. The SMILES string of the molecule is CCNC1=NS(=O)(=O)c2cc(F)cc(-c3ccccc3Cl)c2N1. The lowest BCUT2D eigenvalue weighted by molar-refractivity contribution is 0.592. The van der Waals surface area contributed by atoms with Gasteiger partial charge in [-0.05, 0) is 25.1 Å². The molecule has 0 amide bonds. The summed E-state index contributed by atoms with van der Waals surface area (Å²) in [6.07, 6.45) is 0. The van der Waals surface area contributed by atoms with Crippen LogP contribution in [0.2, 0.25) is 5.02 Å². The van der Waals surface area contributed by atoms with E-state index in [-0.39, 0.29) is 16.5 Å². The Morgan fingerprint density at radius 1 is 1.26 bits per heavy atom. The van der Waals surface area contributed by atoms with E-state index < -0.39 is 15.8 Å². The summed E-state index contributed by atoms with van der Waals surface area (Å²) in [5.41, 5.74) is 1.15. The molecule has 1 aliphatic heterocycles. The molecule has 0 spiro atoms. The summed E-state index contributed by atoms with van der Waals surface area (Å²) in [5, 5.41) is 6.13. The lowest BCUT2D eigenvalue weighted by atomic mass is 10.0. The summed E-state index contributed by atoms with van der Waals surface area (Å²) in [5.74, 6) is -0.578. The van der Waals surface area contributed by atoms with Gasteiger partial charge >= 0.3 is 0 Å². The fourth-order valence-corrected chi connectivity index (χ4v) is 3.73. The average molecular weight is 354 g/mol. The third-order valence-corrected chi connectivity index (χ3v) is 4.94. The van der Waals surface area contributed by atoms with Crippen LogP contribution in [0, 0.1) is 5.82 Å². The summed E-state index contributed by atoms with van der Waals surface area (Å²) >= 11 is 6.18. The van der Waals surface area contributed by atoms with E-state index >= 15 is 0 Å². The number of hydrogen-bond acceptors (Lipinski definition) is 4. The highest BCUT2D eigenvalue weighted by Gasteiger charge is 2.29. The lowest BCUT2D eigenvalue weighted by Crippen LogP contribution is -2.34. The minimum Gasteiger partial charge on any atom is -0.355 e. The third-order valence-electron chi connectivity index (χ3n) is 3.31. The second-order valence-corrected chi connectivity index (χ2v) is 6.86. The van der Waals surface area contributed by atoms with Crippen LogP contribution in [0.1, 0.15) is 6.92 Å². The van der Waals surface area contributed by atoms with Crippen molar-refractivity contribution < 1.29 is 12.8 Å². The zero-order valence-corrected chi connectivity index (χ0v) is 13.7. The van der Waals surface area contributed by atoms with Crippen molar-refractivity contribution in [2.24, 2.45) is 4.40 Å². The van der Waals surface area contributed by atoms with Crippen molar-refractivity contribution in [2.45, 2.75) is 11.8 Å². The smallest absolute Gasteiger partial charge is 0.287 e. The van der Waals surface area contributed by atoms with Crippen molar-refractivity contribution in [3.8, 4) is 11.1 Å². The van der Waals surface area contributed by atoms with Gasteiger partial charge in [-0.25, -0.2) is 4.39 Å². The first-order chi connectivity index (χ1) is 10.9. The Kier molecular flexibility index (Phi) is 3.99. The van der Waals surface area contributed by atoms with Gasteiger partial charge in [-0.15, -0.1) is 4.40 Å². The molecule has 120 valence electrons. The van der Waals surface area contributed by atoms with E-state index in [0.717, 1.165) is 6.07 Å². The first-order valence-corrected chi connectivity index (χ1v) is 8.68. The molecule has 0 aliphatic carbocycles. The van der Waals surface area contributed by atoms with Gasteiger partial charge in [0.05, 0.1) is 5.69 Å². The van der Waals surface area contributed by atoms with Gasteiger partial charge in [0.2, 0.25) is 5.96 Å². The third kappa shape index (κ3) is 2.89. The Balaban J connectivity index is 2.28. The maximum atomic E-state index is 14.0. The minimum absolute atomic E-state index is 0.0971. The van der Waals surface area contributed by atoms with Crippen molar-refractivity contribution in [2.75, 3.05) is 11.9 Å². The van der Waals surface area contributed by atoms with Crippen LogP contribution in [-0.2, 0) is 10.0 Å². The highest BCUT2D eigenvalue weighted by atomic mass is 35.5. The number of benzene rings is 2. The number of nitrogens with one attached hydrogen (secondary N) is 2. The van der Waals surface area contributed by atoms with Crippen molar-refractivity contribution in [3.63, 3.8) is 0 Å². The summed E-state index contributed by atoms with van der Waals surface area (Å²) < 4.78 is 42.2. The molecule has 5 nitrogen and oxygen atoms in total. The number of anilines is 1. The summed E-state index contributed by atoms with van der Waals surface area (Å²) in [7, 11) is -4.00. The van der Waals surface area contributed by atoms with Gasteiger partial charge in [0.25, 0.3) is 10.0 Å². The molecule has 0 fully saturated rings. The van der Waals surface area contributed by atoms with Crippen LogP contribution in [-0.4, -0.2) is 20.9 Å². The molecule has 2 aromatic rings.